The molecular formula is C13H16O6. The fourth-order valence-electron chi connectivity index (χ4n) is 1.57. The molecule has 2 aliphatic heterocycles. The first-order valence-corrected chi connectivity index (χ1v) is 5.82. The number of carboxylic acids is 1. The lowest BCUT2D eigenvalue weighted by molar-refractivity contribution is -0.181. The Morgan fingerprint density at radius 1 is 1.47 bits per heavy atom. The van der Waals surface area contributed by atoms with Crippen LogP contribution in [0.3, 0.4) is 0 Å². The maximum Gasteiger partial charge on any atom is 0.346 e. The van der Waals surface area contributed by atoms with Gasteiger partial charge < -0.3 is 14.6 Å². The Morgan fingerprint density at radius 2 is 2.11 bits per heavy atom. The van der Waals surface area contributed by atoms with Crippen LogP contribution in [0.25, 0.3) is 0 Å². The second-order valence-electron chi connectivity index (χ2n) is 4.27. The maximum atomic E-state index is 10.8. The Morgan fingerprint density at radius 3 is 2.37 bits per heavy atom. The van der Waals surface area contributed by atoms with Crippen LogP contribution in [0.15, 0.2) is 24.8 Å². The Bertz CT molecular complexity index is 419. The molecule has 19 heavy (non-hydrogen) atoms. The zero-order chi connectivity index (χ0) is 14.5. The fourth-order valence-corrected chi connectivity index (χ4v) is 1.57. The fraction of sp³-hybridized carbons (Fsp3) is 0.462. The van der Waals surface area contributed by atoms with Crippen molar-refractivity contribution in [2.24, 2.45) is 0 Å². The van der Waals surface area contributed by atoms with Gasteiger partial charge in [0.25, 0.3) is 0 Å². The van der Waals surface area contributed by atoms with Crippen LogP contribution in [0, 0.1) is 0 Å². The van der Waals surface area contributed by atoms with Crippen molar-refractivity contribution in [3.63, 3.8) is 0 Å². The number of carbonyl (C=O) groups excluding carboxylic acids is 2. The van der Waals surface area contributed by atoms with E-state index in [0.717, 1.165) is 0 Å². The molecule has 0 aliphatic carbocycles. The van der Waals surface area contributed by atoms with Crippen molar-refractivity contribution in [2.75, 3.05) is 6.61 Å². The van der Waals surface area contributed by atoms with E-state index in [0.29, 0.717) is 25.9 Å². The van der Waals surface area contributed by atoms with E-state index in [9.17, 15) is 14.4 Å². The van der Waals surface area contributed by atoms with Gasteiger partial charge in [-0.3, -0.25) is 4.79 Å². The highest BCUT2D eigenvalue weighted by atomic mass is 16.6. The summed E-state index contributed by atoms with van der Waals surface area (Å²) in [7, 11) is 0. The third kappa shape index (κ3) is 3.75. The van der Waals surface area contributed by atoms with E-state index >= 15 is 0 Å². The van der Waals surface area contributed by atoms with Crippen LogP contribution >= 0.6 is 0 Å². The van der Waals surface area contributed by atoms with E-state index in [4.69, 9.17) is 9.84 Å². The highest BCUT2D eigenvalue weighted by Crippen LogP contribution is 2.36. The lowest BCUT2D eigenvalue weighted by atomic mass is 9.93. The van der Waals surface area contributed by atoms with E-state index in [-0.39, 0.29) is 12.0 Å². The summed E-state index contributed by atoms with van der Waals surface area (Å²) in [6, 6.07) is 0. The lowest BCUT2D eigenvalue weighted by Crippen LogP contribution is -2.47. The van der Waals surface area contributed by atoms with Gasteiger partial charge in [0.15, 0.2) is 5.60 Å². The van der Waals surface area contributed by atoms with Crippen molar-refractivity contribution < 1.29 is 29.0 Å². The van der Waals surface area contributed by atoms with Crippen LogP contribution in [0.2, 0.25) is 0 Å². The van der Waals surface area contributed by atoms with Crippen molar-refractivity contribution in [3.8, 4) is 0 Å². The molecule has 1 unspecified atom stereocenters. The molecule has 2 saturated heterocycles. The zero-order valence-electron chi connectivity index (χ0n) is 10.5. The molecule has 2 aliphatic rings. The molecule has 0 aromatic heterocycles. The van der Waals surface area contributed by atoms with Crippen molar-refractivity contribution >= 4 is 17.9 Å². The third-order valence-electron chi connectivity index (χ3n) is 2.85. The number of ether oxygens (including phenoxy) is 2. The van der Waals surface area contributed by atoms with E-state index in [1.165, 1.54) is 0 Å². The van der Waals surface area contributed by atoms with Gasteiger partial charge in [-0.2, -0.15) is 0 Å². The number of allylic oxidation sites excluding steroid dienone is 1. The first kappa shape index (κ1) is 15.1. The van der Waals surface area contributed by atoms with Crippen LogP contribution < -0.4 is 0 Å². The van der Waals surface area contributed by atoms with Gasteiger partial charge in [-0.15, -0.1) is 6.58 Å². The molecule has 6 heteroatoms. The van der Waals surface area contributed by atoms with E-state index in [2.05, 4.69) is 17.9 Å². The van der Waals surface area contributed by atoms with E-state index in [1.54, 1.807) is 6.08 Å². The summed E-state index contributed by atoms with van der Waals surface area (Å²) >= 11 is 0. The number of aliphatic carboxylic acids is 1. The average Bonchev–Trinajstić information content (AvgIpc) is 2.61. The molecule has 1 atom stereocenters. The molecule has 0 aromatic rings. The minimum Gasteiger partial charge on any atom is -0.478 e. The molecule has 0 amide bonds. The van der Waals surface area contributed by atoms with Crippen LogP contribution in [0.5, 0.6) is 0 Å². The summed E-state index contributed by atoms with van der Waals surface area (Å²) in [5.74, 6) is -1.90. The molecule has 0 aromatic carbocycles. The summed E-state index contributed by atoms with van der Waals surface area (Å²) in [6.07, 6.45) is 3.58. The molecule has 0 radical (unpaired) electrons. The largest absolute Gasteiger partial charge is 0.478 e. The van der Waals surface area contributed by atoms with Gasteiger partial charge in [-0.05, 0) is 12.8 Å². The summed E-state index contributed by atoms with van der Waals surface area (Å²) in [6.45, 7) is 7.36. The average molecular weight is 268 g/mol. The standard InChI is InChI=1S/C7H10O2.C6H6O4/c1-3-4-5-6(2)7(8)9;7-4-3-6(1-2-9-6)5(8)10-4/h3H,1-2,4-5H2,(H,8,9);1-3H2. The summed E-state index contributed by atoms with van der Waals surface area (Å²) < 4.78 is 9.28. The molecule has 0 saturated carbocycles. The quantitative estimate of drug-likeness (QED) is 0.357. The first-order chi connectivity index (χ1) is 8.91. The number of carbonyl (C=O) groups is 3. The Kier molecular flexibility index (Phi) is 5.00. The lowest BCUT2D eigenvalue weighted by Gasteiger charge is -2.32. The molecule has 2 fully saturated rings. The Hall–Kier alpha value is -1.95. The van der Waals surface area contributed by atoms with Crippen molar-refractivity contribution in [3.05, 3.63) is 24.8 Å². The Labute approximate surface area is 110 Å². The second-order valence-corrected chi connectivity index (χ2v) is 4.27. The van der Waals surface area contributed by atoms with E-state index < -0.39 is 23.5 Å². The van der Waals surface area contributed by atoms with Crippen LogP contribution in [0.1, 0.15) is 25.7 Å². The zero-order valence-corrected chi connectivity index (χ0v) is 10.5. The first-order valence-electron chi connectivity index (χ1n) is 5.82. The molecule has 1 N–H and O–H groups in total. The van der Waals surface area contributed by atoms with Crippen LogP contribution in [-0.2, 0) is 23.9 Å². The van der Waals surface area contributed by atoms with Gasteiger partial charge >= 0.3 is 17.9 Å². The molecule has 1 spiro atoms. The third-order valence-corrected chi connectivity index (χ3v) is 2.85. The molecular weight excluding hydrogens is 252 g/mol. The van der Waals surface area contributed by atoms with Gasteiger partial charge in [0.2, 0.25) is 0 Å². The summed E-state index contributed by atoms with van der Waals surface area (Å²) in [5, 5.41) is 8.27. The molecule has 6 nitrogen and oxygen atoms in total. The number of cyclic esters (lactones) is 2. The number of hydrogen-bond acceptors (Lipinski definition) is 5. The monoisotopic (exact) mass is 268 g/mol. The van der Waals surface area contributed by atoms with Crippen molar-refractivity contribution in [1.82, 2.24) is 0 Å². The molecule has 2 rings (SSSR count). The Balaban J connectivity index is 0.000000192. The second kappa shape index (κ2) is 6.29. The predicted molar refractivity (Wildman–Crippen MR) is 65.2 cm³/mol. The van der Waals surface area contributed by atoms with E-state index in [1.807, 2.05) is 0 Å². The van der Waals surface area contributed by atoms with Crippen LogP contribution in [0.4, 0.5) is 0 Å². The van der Waals surface area contributed by atoms with Gasteiger partial charge in [0, 0.05) is 12.0 Å². The minimum atomic E-state index is -0.920. The summed E-state index contributed by atoms with van der Waals surface area (Å²) in [5.41, 5.74) is -0.619. The molecule has 2 heterocycles. The van der Waals surface area contributed by atoms with Gasteiger partial charge in [0.05, 0.1) is 13.0 Å². The SMILES string of the molecule is C=CCCC(=C)C(=O)O.O=C1CC2(CCO2)C(=O)O1. The van der Waals surface area contributed by atoms with Crippen molar-refractivity contribution in [2.45, 2.75) is 31.3 Å². The smallest absolute Gasteiger partial charge is 0.346 e. The predicted octanol–water partition coefficient (Wildman–Crippen LogP) is 1.21. The van der Waals surface area contributed by atoms with Crippen LogP contribution in [-0.4, -0.2) is 35.2 Å². The van der Waals surface area contributed by atoms with Gasteiger partial charge in [0.1, 0.15) is 0 Å². The number of hydrogen-bond donors (Lipinski definition) is 1. The number of esters is 2. The van der Waals surface area contributed by atoms with Crippen molar-refractivity contribution in [1.29, 1.82) is 0 Å². The number of rotatable bonds is 4. The maximum absolute atomic E-state index is 10.8. The molecule has 104 valence electrons. The normalized spacial score (nSPS) is 24.0. The number of carboxylic acid groups (broad SMARTS) is 1. The minimum absolute atomic E-state index is 0.103. The summed E-state index contributed by atoms with van der Waals surface area (Å²) in [4.78, 5) is 31.4. The highest BCUT2D eigenvalue weighted by Gasteiger charge is 2.55. The van der Waals surface area contributed by atoms with Gasteiger partial charge in [-0.1, -0.05) is 12.7 Å². The van der Waals surface area contributed by atoms with Gasteiger partial charge in [-0.25, -0.2) is 9.59 Å². The highest BCUT2D eigenvalue weighted by molar-refractivity contribution is 5.99. The molecule has 0 bridgehead atoms. The topological polar surface area (TPSA) is 89.9 Å².